The molecule has 8 heteroatoms. The van der Waals surface area contributed by atoms with Crippen LogP contribution in [-0.2, 0) is 9.53 Å². The quantitative estimate of drug-likeness (QED) is 0.473. The summed E-state index contributed by atoms with van der Waals surface area (Å²) < 4.78 is 10.9. The number of aromatic nitrogens is 3. The summed E-state index contributed by atoms with van der Waals surface area (Å²) in [5.74, 6) is 0.189. The maximum absolute atomic E-state index is 11.7. The van der Waals surface area contributed by atoms with E-state index in [1.54, 1.807) is 11.3 Å². The molecule has 1 aliphatic heterocycles. The van der Waals surface area contributed by atoms with E-state index >= 15 is 0 Å². The fourth-order valence-corrected chi connectivity index (χ4v) is 4.50. The van der Waals surface area contributed by atoms with E-state index in [0.29, 0.717) is 24.1 Å². The van der Waals surface area contributed by atoms with Crippen LogP contribution in [0.2, 0.25) is 0 Å². The number of pyridine rings is 1. The average molecular weight is 395 g/mol. The Morgan fingerprint density at radius 3 is 2.89 bits per heavy atom. The largest absolute Gasteiger partial charge is 0.465 e. The minimum absolute atomic E-state index is 0.228. The van der Waals surface area contributed by atoms with Crippen LogP contribution in [0.3, 0.4) is 0 Å². The molecule has 1 fully saturated rings. The Labute approximate surface area is 162 Å². The van der Waals surface area contributed by atoms with Gasteiger partial charge in [0.25, 0.3) is 5.22 Å². The number of rotatable bonds is 4. The van der Waals surface area contributed by atoms with Gasteiger partial charge < -0.3 is 9.15 Å². The van der Waals surface area contributed by atoms with E-state index in [2.05, 4.69) is 10.2 Å². The number of esters is 1. The zero-order valence-corrected chi connectivity index (χ0v) is 15.6. The molecule has 0 aliphatic carbocycles. The van der Waals surface area contributed by atoms with Crippen molar-refractivity contribution >= 4 is 40.0 Å². The first-order valence-corrected chi connectivity index (χ1v) is 10.1. The van der Waals surface area contributed by atoms with E-state index in [-0.39, 0.29) is 11.2 Å². The predicted molar refractivity (Wildman–Crippen MR) is 104 cm³/mol. The maximum atomic E-state index is 11.7. The van der Waals surface area contributed by atoms with Crippen LogP contribution in [0.5, 0.6) is 0 Å². The molecule has 0 unspecified atom stereocenters. The molecule has 6 nitrogen and oxygen atoms in total. The van der Waals surface area contributed by atoms with Gasteiger partial charge in [0.2, 0.25) is 5.89 Å². The molecule has 134 valence electrons. The zero-order valence-electron chi connectivity index (χ0n) is 14.0. The highest BCUT2D eigenvalue weighted by Gasteiger charge is 2.29. The number of hydrogen-bond donors (Lipinski definition) is 0. The second-order valence-electron chi connectivity index (χ2n) is 5.99. The molecule has 0 spiro atoms. The monoisotopic (exact) mass is 395 g/mol. The maximum Gasteiger partial charge on any atom is 0.319 e. The van der Waals surface area contributed by atoms with E-state index in [1.807, 2.05) is 47.8 Å². The van der Waals surface area contributed by atoms with Gasteiger partial charge in [0, 0.05) is 11.8 Å². The van der Waals surface area contributed by atoms with E-state index < -0.39 is 0 Å². The number of thioether (sulfide) groups is 1. The Bertz CT molecular complexity index is 1120. The van der Waals surface area contributed by atoms with E-state index in [0.717, 1.165) is 27.0 Å². The first-order chi connectivity index (χ1) is 13.3. The molecular formula is C19H13N3O3S2. The van der Waals surface area contributed by atoms with Crippen LogP contribution in [0.4, 0.5) is 0 Å². The third kappa shape index (κ3) is 3.11. The minimum Gasteiger partial charge on any atom is -0.465 e. The third-order valence-corrected chi connectivity index (χ3v) is 6.23. The number of para-hydroxylation sites is 1. The normalized spacial score (nSPS) is 16.7. The lowest BCUT2D eigenvalue weighted by Gasteiger charge is -2.06. The number of carbonyl (C=O) groups is 1. The standard InChI is InChI=1S/C19H13N3O3S2/c23-18-16(7-8-24-18)27-19-22-21-17(25-19)12-10-14(15-6-3-9-26-15)20-13-5-2-1-4-11(12)13/h1-6,9-10,16H,7-8H2/t16-/m1/s1. The molecule has 4 heterocycles. The van der Waals surface area contributed by atoms with Crippen molar-refractivity contribution in [2.45, 2.75) is 16.9 Å². The molecule has 0 N–H and O–H groups in total. The molecule has 0 saturated carbocycles. The first-order valence-electron chi connectivity index (χ1n) is 8.39. The van der Waals surface area contributed by atoms with Gasteiger partial charge in [0.15, 0.2) is 0 Å². The van der Waals surface area contributed by atoms with Crippen LogP contribution in [-0.4, -0.2) is 33.0 Å². The topological polar surface area (TPSA) is 78.1 Å². The number of hydrogen-bond acceptors (Lipinski definition) is 8. The van der Waals surface area contributed by atoms with Gasteiger partial charge in [-0.25, -0.2) is 4.98 Å². The van der Waals surface area contributed by atoms with Crippen molar-refractivity contribution in [1.29, 1.82) is 0 Å². The highest BCUT2D eigenvalue weighted by atomic mass is 32.2. The lowest BCUT2D eigenvalue weighted by Crippen LogP contribution is -2.09. The molecule has 5 rings (SSSR count). The van der Waals surface area contributed by atoms with Gasteiger partial charge >= 0.3 is 5.97 Å². The Hall–Kier alpha value is -2.71. The minimum atomic E-state index is -0.283. The van der Waals surface area contributed by atoms with Crippen molar-refractivity contribution in [3.8, 4) is 22.0 Å². The summed E-state index contributed by atoms with van der Waals surface area (Å²) in [5.41, 5.74) is 2.56. The van der Waals surface area contributed by atoms with Crippen molar-refractivity contribution in [2.24, 2.45) is 0 Å². The molecule has 0 bridgehead atoms. The first kappa shape index (κ1) is 16.5. The average Bonchev–Trinajstić information content (AvgIpc) is 3.44. The summed E-state index contributed by atoms with van der Waals surface area (Å²) in [6, 6.07) is 13.9. The SMILES string of the molecule is O=C1OCC[C@H]1Sc1nnc(-c2cc(-c3cccs3)nc3ccccc23)o1. The van der Waals surface area contributed by atoms with Gasteiger partial charge in [-0.1, -0.05) is 24.3 Å². The fourth-order valence-electron chi connectivity index (χ4n) is 2.98. The summed E-state index contributed by atoms with van der Waals surface area (Å²) in [6.07, 6.45) is 0.655. The number of ether oxygens (including phenoxy) is 1. The lowest BCUT2D eigenvalue weighted by atomic mass is 10.1. The van der Waals surface area contributed by atoms with Crippen molar-refractivity contribution in [1.82, 2.24) is 15.2 Å². The van der Waals surface area contributed by atoms with Gasteiger partial charge in [0.1, 0.15) is 5.25 Å². The molecule has 3 aromatic heterocycles. The highest BCUT2D eigenvalue weighted by molar-refractivity contribution is 8.00. The van der Waals surface area contributed by atoms with Crippen LogP contribution in [0.25, 0.3) is 32.9 Å². The van der Waals surface area contributed by atoms with Crippen molar-refractivity contribution in [3.05, 3.63) is 47.8 Å². The number of thiophene rings is 1. The van der Waals surface area contributed by atoms with E-state index in [9.17, 15) is 4.79 Å². The molecule has 0 radical (unpaired) electrons. The molecule has 1 aliphatic rings. The number of nitrogens with zero attached hydrogens (tertiary/aromatic N) is 3. The summed E-state index contributed by atoms with van der Waals surface area (Å²) in [6.45, 7) is 0.441. The molecule has 1 saturated heterocycles. The molecular weight excluding hydrogens is 382 g/mol. The van der Waals surface area contributed by atoms with Crippen LogP contribution >= 0.6 is 23.1 Å². The third-order valence-electron chi connectivity index (χ3n) is 4.26. The number of benzene rings is 1. The molecule has 27 heavy (non-hydrogen) atoms. The van der Waals surface area contributed by atoms with E-state index in [4.69, 9.17) is 14.1 Å². The van der Waals surface area contributed by atoms with Crippen LogP contribution in [0, 0.1) is 0 Å². The second-order valence-corrected chi connectivity index (χ2v) is 8.09. The summed E-state index contributed by atoms with van der Waals surface area (Å²) in [5, 5.41) is 11.4. The van der Waals surface area contributed by atoms with Gasteiger partial charge in [-0.15, -0.1) is 21.5 Å². The van der Waals surface area contributed by atoms with Gasteiger partial charge in [-0.05, 0) is 35.3 Å². The molecule has 4 aromatic rings. The summed E-state index contributed by atoms with van der Waals surface area (Å²) in [7, 11) is 0. The fraction of sp³-hybridized carbons (Fsp3) is 0.158. The van der Waals surface area contributed by atoms with Crippen LogP contribution < -0.4 is 0 Å². The second kappa shape index (κ2) is 6.79. The number of fused-ring (bicyclic) bond motifs is 1. The van der Waals surface area contributed by atoms with Gasteiger partial charge in [-0.2, -0.15) is 0 Å². The Morgan fingerprint density at radius 2 is 2.07 bits per heavy atom. The molecule has 1 atom stereocenters. The number of cyclic esters (lactones) is 1. The Kier molecular flexibility index (Phi) is 4.14. The zero-order chi connectivity index (χ0) is 18.2. The lowest BCUT2D eigenvalue weighted by molar-refractivity contribution is -0.137. The predicted octanol–water partition coefficient (Wildman–Crippen LogP) is 4.42. The smallest absolute Gasteiger partial charge is 0.319 e. The Morgan fingerprint density at radius 1 is 1.15 bits per heavy atom. The van der Waals surface area contributed by atoms with Gasteiger partial charge in [-0.3, -0.25) is 4.79 Å². The van der Waals surface area contributed by atoms with Crippen molar-refractivity contribution < 1.29 is 13.9 Å². The molecule has 0 amide bonds. The summed E-state index contributed by atoms with van der Waals surface area (Å²) in [4.78, 5) is 17.5. The van der Waals surface area contributed by atoms with Crippen molar-refractivity contribution in [3.63, 3.8) is 0 Å². The Balaban J connectivity index is 1.57. The van der Waals surface area contributed by atoms with E-state index in [1.165, 1.54) is 11.8 Å². The van der Waals surface area contributed by atoms with Crippen LogP contribution in [0.15, 0.2) is 57.5 Å². The highest BCUT2D eigenvalue weighted by Crippen LogP contribution is 2.35. The van der Waals surface area contributed by atoms with Crippen molar-refractivity contribution in [2.75, 3.05) is 6.61 Å². The molecule has 1 aromatic carbocycles. The number of carbonyl (C=O) groups excluding carboxylic acids is 1. The van der Waals surface area contributed by atoms with Gasteiger partial charge in [0.05, 0.1) is 28.3 Å². The van der Waals surface area contributed by atoms with Crippen LogP contribution in [0.1, 0.15) is 6.42 Å². The summed E-state index contributed by atoms with van der Waals surface area (Å²) >= 11 is 2.88.